The Morgan fingerprint density at radius 2 is 2.15 bits per heavy atom. The second-order valence-electron chi connectivity index (χ2n) is 6.49. The second-order valence-corrected chi connectivity index (χ2v) is 8.68. The highest BCUT2D eigenvalue weighted by Crippen LogP contribution is 2.32. The van der Waals surface area contributed by atoms with Crippen LogP contribution in [0.5, 0.6) is 0 Å². The molecule has 0 aliphatic carbocycles. The molecule has 0 amide bonds. The zero-order valence-corrected chi connectivity index (χ0v) is 14.3. The van der Waals surface area contributed by atoms with Gasteiger partial charge in [0.15, 0.2) is 0 Å². The molecule has 20 heavy (non-hydrogen) atoms. The van der Waals surface area contributed by atoms with E-state index in [1.165, 1.54) is 0 Å². The molecule has 116 valence electrons. The fourth-order valence-electron chi connectivity index (χ4n) is 2.27. The molecular weight excluding hydrogens is 274 g/mol. The van der Waals surface area contributed by atoms with Crippen LogP contribution in [0.2, 0.25) is 0 Å². The second kappa shape index (κ2) is 6.96. The van der Waals surface area contributed by atoms with Crippen molar-refractivity contribution in [1.82, 2.24) is 4.31 Å². The number of rotatable bonds is 5. The summed E-state index contributed by atoms with van der Waals surface area (Å²) in [5, 5.41) is 0. The van der Waals surface area contributed by atoms with Gasteiger partial charge in [-0.1, -0.05) is 19.9 Å². The van der Waals surface area contributed by atoms with Gasteiger partial charge >= 0.3 is 5.97 Å². The number of hydrogen-bond donors (Lipinski definition) is 0. The first kappa shape index (κ1) is 17.5. The molecule has 0 N–H and O–H groups in total. The number of hydrogen-bond acceptors (Lipinski definition) is 4. The molecule has 0 aromatic carbocycles. The Labute approximate surface area is 125 Å². The van der Waals surface area contributed by atoms with Crippen molar-refractivity contribution in [2.75, 3.05) is 13.2 Å². The highest BCUT2D eigenvalue weighted by atomic mass is 32.2. The molecule has 0 radical (unpaired) electrons. The highest BCUT2D eigenvalue weighted by molar-refractivity contribution is 7.90. The summed E-state index contributed by atoms with van der Waals surface area (Å²) in [5.74, 6) is 0.155. The van der Waals surface area contributed by atoms with Gasteiger partial charge in [-0.25, -0.2) is 4.79 Å². The maximum absolute atomic E-state index is 12.6. The Hall–Kier alpha value is -0.520. The van der Waals surface area contributed by atoms with E-state index in [2.05, 4.69) is 13.8 Å². The van der Waals surface area contributed by atoms with Crippen LogP contribution in [0.25, 0.3) is 0 Å². The normalized spacial score (nSPS) is 22.0. The van der Waals surface area contributed by atoms with E-state index in [9.17, 15) is 9.35 Å². The van der Waals surface area contributed by atoms with Crippen molar-refractivity contribution in [3.63, 3.8) is 0 Å². The molecule has 1 rings (SSSR count). The van der Waals surface area contributed by atoms with E-state index in [-0.39, 0.29) is 16.8 Å². The van der Waals surface area contributed by atoms with Gasteiger partial charge in [0.25, 0.3) is 0 Å². The maximum atomic E-state index is 12.6. The van der Waals surface area contributed by atoms with Gasteiger partial charge in [0.1, 0.15) is 4.75 Å². The summed E-state index contributed by atoms with van der Waals surface area (Å²) >= 11 is -1.13. The number of esters is 1. The third kappa shape index (κ3) is 4.24. The minimum Gasteiger partial charge on any atom is -0.597 e. The van der Waals surface area contributed by atoms with Crippen molar-refractivity contribution in [2.45, 2.75) is 58.8 Å². The lowest BCUT2D eigenvalue weighted by Gasteiger charge is -2.34. The fourth-order valence-corrected chi connectivity index (χ4v) is 3.61. The Bertz CT molecular complexity index is 374. The lowest BCUT2D eigenvalue weighted by molar-refractivity contribution is -0.138. The summed E-state index contributed by atoms with van der Waals surface area (Å²) in [6.45, 7) is 12.8. The minimum atomic E-state index is -1.13. The standard InChI is InChI=1S/C15H27NO3S/c1-7-19-14(17)12-8-9-16(13(12)10-11(2)3)20(18)15(4,5)6/h8,11,13H,7,9-10H2,1-6H3/t13-,20-/m1/s1. The first-order valence-corrected chi connectivity index (χ1v) is 8.35. The van der Waals surface area contributed by atoms with Gasteiger partial charge in [-0.3, -0.25) is 0 Å². The molecular formula is C15H27NO3S. The number of ether oxygens (including phenoxy) is 1. The SMILES string of the molecule is CCOC(=O)C1=CCN([S@+]([O-])C(C)(C)C)[C@@H]1CC(C)C. The summed E-state index contributed by atoms with van der Waals surface area (Å²) in [6, 6.07) is -0.103. The van der Waals surface area contributed by atoms with Crippen LogP contribution < -0.4 is 0 Å². The third-order valence-corrected chi connectivity index (χ3v) is 5.02. The van der Waals surface area contributed by atoms with Crippen LogP contribution >= 0.6 is 0 Å². The van der Waals surface area contributed by atoms with Crippen LogP contribution in [0.1, 0.15) is 48.0 Å². The Morgan fingerprint density at radius 1 is 1.55 bits per heavy atom. The third-order valence-electron chi connectivity index (χ3n) is 3.14. The maximum Gasteiger partial charge on any atom is 0.335 e. The van der Waals surface area contributed by atoms with Crippen LogP contribution in [0.15, 0.2) is 11.6 Å². The van der Waals surface area contributed by atoms with E-state index in [0.717, 1.165) is 6.42 Å². The van der Waals surface area contributed by atoms with Crippen molar-refractivity contribution >= 4 is 17.3 Å². The Balaban J connectivity index is 2.92. The molecule has 0 spiro atoms. The summed E-state index contributed by atoms with van der Waals surface area (Å²) in [6.07, 6.45) is 2.68. The quantitative estimate of drug-likeness (QED) is 0.579. The molecule has 1 heterocycles. The van der Waals surface area contributed by atoms with Gasteiger partial charge in [0, 0.05) is 11.4 Å². The monoisotopic (exact) mass is 301 g/mol. The molecule has 0 aromatic rings. The number of carbonyl (C=O) groups excluding carboxylic acids is 1. The Kier molecular flexibility index (Phi) is 6.10. The summed E-state index contributed by atoms with van der Waals surface area (Å²) in [5.41, 5.74) is 0.665. The molecule has 5 heteroatoms. The lowest BCUT2D eigenvalue weighted by atomic mass is 9.99. The number of carbonyl (C=O) groups is 1. The first-order valence-electron chi connectivity index (χ1n) is 7.24. The molecule has 1 aliphatic rings. The topological polar surface area (TPSA) is 52.6 Å². The molecule has 0 bridgehead atoms. The fraction of sp³-hybridized carbons (Fsp3) is 0.800. The smallest absolute Gasteiger partial charge is 0.335 e. The number of nitrogens with zero attached hydrogens (tertiary/aromatic N) is 1. The predicted molar refractivity (Wildman–Crippen MR) is 82.6 cm³/mol. The van der Waals surface area contributed by atoms with Crippen molar-refractivity contribution in [3.8, 4) is 0 Å². The van der Waals surface area contributed by atoms with Crippen LogP contribution in [0.3, 0.4) is 0 Å². The van der Waals surface area contributed by atoms with Gasteiger partial charge < -0.3 is 9.29 Å². The van der Waals surface area contributed by atoms with Gasteiger partial charge in [-0.15, -0.1) is 4.31 Å². The van der Waals surface area contributed by atoms with Crippen molar-refractivity contribution < 1.29 is 14.1 Å². The molecule has 4 nitrogen and oxygen atoms in total. The highest BCUT2D eigenvalue weighted by Gasteiger charge is 2.43. The molecule has 0 unspecified atom stereocenters. The first-order chi connectivity index (χ1) is 9.18. The predicted octanol–water partition coefficient (Wildman–Crippen LogP) is 2.67. The largest absolute Gasteiger partial charge is 0.597 e. The van der Waals surface area contributed by atoms with E-state index >= 15 is 0 Å². The van der Waals surface area contributed by atoms with Gasteiger partial charge in [0.2, 0.25) is 0 Å². The Morgan fingerprint density at radius 3 is 2.60 bits per heavy atom. The lowest BCUT2D eigenvalue weighted by Crippen LogP contribution is -2.47. The van der Waals surface area contributed by atoms with Gasteiger partial charge in [-0.05, 0) is 40.0 Å². The minimum absolute atomic E-state index is 0.103. The van der Waals surface area contributed by atoms with E-state index in [0.29, 0.717) is 24.6 Å². The molecule has 0 fully saturated rings. The molecule has 0 saturated carbocycles. The zero-order valence-electron chi connectivity index (χ0n) is 13.4. The average molecular weight is 301 g/mol. The molecule has 0 saturated heterocycles. The summed E-state index contributed by atoms with van der Waals surface area (Å²) in [7, 11) is 0. The average Bonchev–Trinajstić information content (AvgIpc) is 2.69. The van der Waals surface area contributed by atoms with E-state index in [1.54, 1.807) is 6.92 Å². The molecule has 0 aromatic heterocycles. The molecule has 2 atom stereocenters. The summed E-state index contributed by atoms with van der Waals surface area (Å²) < 4.78 is 19.4. The van der Waals surface area contributed by atoms with Crippen molar-refractivity contribution in [3.05, 3.63) is 11.6 Å². The van der Waals surface area contributed by atoms with E-state index < -0.39 is 11.4 Å². The zero-order chi connectivity index (χ0) is 15.5. The molecule has 1 aliphatic heterocycles. The summed E-state index contributed by atoms with van der Waals surface area (Å²) in [4.78, 5) is 12.0. The van der Waals surface area contributed by atoms with Crippen molar-refractivity contribution in [2.24, 2.45) is 5.92 Å². The van der Waals surface area contributed by atoms with Crippen LogP contribution in [-0.4, -0.2) is 38.8 Å². The van der Waals surface area contributed by atoms with Crippen LogP contribution in [0, 0.1) is 5.92 Å². The van der Waals surface area contributed by atoms with Crippen LogP contribution in [0.4, 0.5) is 0 Å². The van der Waals surface area contributed by atoms with E-state index in [4.69, 9.17) is 4.74 Å². The van der Waals surface area contributed by atoms with Gasteiger partial charge in [0.05, 0.1) is 24.8 Å². The van der Waals surface area contributed by atoms with Gasteiger partial charge in [-0.2, -0.15) is 0 Å². The van der Waals surface area contributed by atoms with E-state index in [1.807, 2.05) is 31.2 Å². The van der Waals surface area contributed by atoms with Crippen LogP contribution in [-0.2, 0) is 20.9 Å². The van der Waals surface area contributed by atoms with Crippen molar-refractivity contribution in [1.29, 1.82) is 0 Å².